The van der Waals surface area contributed by atoms with Gasteiger partial charge in [-0.2, -0.15) is 4.31 Å². The summed E-state index contributed by atoms with van der Waals surface area (Å²) in [6.07, 6.45) is 4.86. The molecule has 1 saturated carbocycles. The number of anilines is 1. The minimum absolute atomic E-state index is 0.0505. The number of nitrogens with one attached hydrogen (secondary N) is 1. The van der Waals surface area contributed by atoms with Gasteiger partial charge >= 0.3 is 0 Å². The van der Waals surface area contributed by atoms with E-state index in [0.717, 1.165) is 35.7 Å². The normalized spacial score (nSPS) is 16.2. The summed E-state index contributed by atoms with van der Waals surface area (Å²) >= 11 is 3.41. The van der Waals surface area contributed by atoms with Crippen LogP contribution in [0.4, 0.5) is 5.69 Å². The Morgan fingerprint density at radius 2 is 2.00 bits per heavy atom. The minimum Gasteiger partial charge on any atom is -0.325 e. The van der Waals surface area contributed by atoms with Gasteiger partial charge in [-0.1, -0.05) is 34.8 Å². The Bertz CT molecular complexity index is 655. The molecule has 1 aromatic rings. The van der Waals surface area contributed by atoms with Gasteiger partial charge in [-0.25, -0.2) is 8.42 Å². The van der Waals surface area contributed by atoms with E-state index in [9.17, 15) is 13.2 Å². The number of carbonyl (C=O) groups is 1. The van der Waals surface area contributed by atoms with Crippen LogP contribution < -0.4 is 5.32 Å². The number of halogens is 1. The lowest BCUT2D eigenvalue weighted by Gasteiger charge is -2.25. The van der Waals surface area contributed by atoms with Gasteiger partial charge in [-0.3, -0.25) is 4.79 Å². The number of aryl methyl sites for hydroxylation is 1. The lowest BCUT2D eigenvalue weighted by Crippen LogP contribution is -2.43. The van der Waals surface area contributed by atoms with E-state index in [0.29, 0.717) is 5.69 Å². The van der Waals surface area contributed by atoms with E-state index >= 15 is 0 Å². The number of amides is 1. The molecule has 1 aliphatic carbocycles. The molecule has 0 radical (unpaired) electrons. The highest BCUT2D eigenvalue weighted by Gasteiger charge is 2.30. The topological polar surface area (TPSA) is 66.5 Å². The zero-order chi connectivity index (χ0) is 16.3. The molecule has 1 aromatic carbocycles. The molecule has 0 aromatic heterocycles. The van der Waals surface area contributed by atoms with E-state index in [-0.39, 0.29) is 18.5 Å². The summed E-state index contributed by atoms with van der Waals surface area (Å²) in [6.45, 7) is 1.83. The van der Waals surface area contributed by atoms with Crippen LogP contribution in [0.5, 0.6) is 0 Å². The van der Waals surface area contributed by atoms with Gasteiger partial charge in [0.05, 0.1) is 12.8 Å². The van der Waals surface area contributed by atoms with Crippen molar-refractivity contribution in [2.75, 3.05) is 18.1 Å². The number of sulfonamides is 1. The van der Waals surface area contributed by atoms with Crippen LogP contribution in [0.15, 0.2) is 22.7 Å². The summed E-state index contributed by atoms with van der Waals surface area (Å²) in [7, 11) is -3.39. The molecular weight excluding hydrogens is 368 g/mol. The van der Waals surface area contributed by atoms with Crippen molar-refractivity contribution in [1.29, 1.82) is 0 Å². The first-order chi connectivity index (χ1) is 10.3. The highest BCUT2D eigenvalue weighted by molar-refractivity contribution is 9.10. The maximum absolute atomic E-state index is 12.2. The van der Waals surface area contributed by atoms with Crippen molar-refractivity contribution < 1.29 is 13.2 Å². The Balaban J connectivity index is 2.06. The van der Waals surface area contributed by atoms with Crippen molar-refractivity contribution in [1.82, 2.24) is 4.31 Å². The maximum atomic E-state index is 12.2. The van der Waals surface area contributed by atoms with E-state index < -0.39 is 10.0 Å². The molecule has 1 N–H and O–H groups in total. The number of hydrogen-bond donors (Lipinski definition) is 1. The van der Waals surface area contributed by atoms with E-state index in [2.05, 4.69) is 21.2 Å². The maximum Gasteiger partial charge on any atom is 0.239 e. The fourth-order valence-electron chi connectivity index (χ4n) is 2.72. The average molecular weight is 389 g/mol. The molecule has 0 unspecified atom stereocenters. The molecule has 0 heterocycles. The molecule has 22 heavy (non-hydrogen) atoms. The van der Waals surface area contributed by atoms with Crippen molar-refractivity contribution in [3.8, 4) is 0 Å². The van der Waals surface area contributed by atoms with Crippen LogP contribution in [0.1, 0.15) is 31.2 Å². The Kier molecular flexibility index (Phi) is 5.63. The van der Waals surface area contributed by atoms with Crippen molar-refractivity contribution >= 4 is 37.5 Å². The quantitative estimate of drug-likeness (QED) is 0.842. The summed E-state index contributed by atoms with van der Waals surface area (Å²) in [5.74, 6) is -0.312. The third-order valence-electron chi connectivity index (χ3n) is 3.91. The zero-order valence-corrected chi connectivity index (χ0v) is 15.2. The van der Waals surface area contributed by atoms with Gasteiger partial charge in [0.2, 0.25) is 15.9 Å². The largest absolute Gasteiger partial charge is 0.325 e. The summed E-state index contributed by atoms with van der Waals surface area (Å²) in [4.78, 5) is 12.2. The fraction of sp³-hybridized carbons (Fsp3) is 0.533. The summed E-state index contributed by atoms with van der Waals surface area (Å²) < 4.78 is 26.1. The molecule has 5 nitrogen and oxygen atoms in total. The molecule has 7 heteroatoms. The van der Waals surface area contributed by atoms with E-state index in [4.69, 9.17) is 0 Å². The molecule has 0 aliphatic heterocycles. The van der Waals surface area contributed by atoms with Crippen LogP contribution in [-0.2, 0) is 14.8 Å². The third-order valence-corrected chi connectivity index (χ3v) is 6.05. The number of rotatable bonds is 5. The average Bonchev–Trinajstić information content (AvgIpc) is 2.92. The van der Waals surface area contributed by atoms with Crippen LogP contribution in [0, 0.1) is 6.92 Å². The van der Waals surface area contributed by atoms with Gasteiger partial charge in [0.25, 0.3) is 0 Å². The highest BCUT2D eigenvalue weighted by Crippen LogP contribution is 2.25. The Hall–Kier alpha value is -0.920. The summed E-state index contributed by atoms with van der Waals surface area (Å²) in [6, 6.07) is 5.46. The van der Waals surface area contributed by atoms with Crippen LogP contribution in [0.25, 0.3) is 0 Å². The number of hydrogen-bond acceptors (Lipinski definition) is 3. The minimum atomic E-state index is -3.39. The van der Waals surface area contributed by atoms with Gasteiger partial charge < -0.3 is 5.32 Å². The van der Waals surface area contributed by atoms with Gasteiger partial charge in [0.15, 0.2) is 0 Å². The van der Waals surface area contributed by atoms with Crippen LogP contribution in [-0.4, -0.2) is 37.5 Å². The second-order valence-electron chi connectivity index (χ2n) is 5.76. The SMILES string of the molecule is Cc1ccc(NC(=O)CN(C2CCCC2)S(C)(=O)=O)cc1Br. The second kappa shape index (κ2) is 7.10. The highest BCUT2D eigenvalue weighted by atomic mass is 79.9. The molecular formula is C15H21BrN2O3S. The first kappa shape index (κ1) is 17.4. The molecule has 1 amide bonds. The van der Waals surface area contributed by atoms with Gasteiger partial charge in [-0.05, 0) is 37.5 Å². The molecule has 1 aliphatic rings. The predicted octanol–water partition coefficient (Wildman–Crippen LogP) is 2.90. The zero-order valence-electron chi connectivity index (χ0n) is 12.8. The molecule has 0 saturated heterocycles. The van der Waals surface area contributed by atoms with Gasteiger partial charge in [0.1, 0.15) is 0 Å². The lowest BCUT2D eigenvalue weighted by atomic mass is 10.2. The van der Waals surface area contributed by atoms with E-state index in [1.54, 1.807) is 6.07 Å². The van der Waals surface area contributed by atoms with Crippen LogP contribution >= 0.6 is 15.9 Å². The first-order valence-corrected chi connectivity index (χ1v) is 9.94. The molecule has 0 atom stereocenters. The van der Waals surface area contributed by atoms with Gasteiger partial charge in [0, 0.05) is 16.2 Å². The van der Waals surface area contributed by atoms with Crippen LogP contribution in [0.2, 0.25) is 0 Å². The number of nitrogens with zero attached hydrogens (tertiary/aromatic N) is 1. The fourth-order valence-corrected chi connectivity index (χ4v) is 4.21. The lowest BCUT2D eigenvalue weighted by molar-refractivity contribution is -0.116. The van der Waals surface area contributed by atoms with Crippen molar-refractivity contribution in [3.05, 3.63) is 28.2 Å². The van der Waals surface area contributed by atoms with E-state index in [1.165, 1.54) is 10.6 Å². The van der Waals surface area contributed by atoms with Crippen LogP contribution in [0.3, 0.4) is 0 Å². The number of benzene rings is 1. The molecule has 0 bridgehead atoms. The van der Waals surface area contributed by atoms with Crippen molar-refractivity contribution in [2.45, 2.75) is 38.6 Å². The van der Waals surface area contributed by atoms with Gasteiger partial charge in [-0.15, -0.1) is 0 Å². The first-order valence-electron chi connectivity index (χ1n) is 7.30. The third kappa shape index (κ3) is 4.54. The molecule has 122 valence electrons. The summed E-state index contributed by atoms with van der Waals surface area (Å²) in [5.41, 5.74) is 1.73. The Labute approximate surface area is 140 Å². The Morgan fingerprint density at radius 1 is 1.36 bits per heavy atom. The number of carbonyl (C=O) groups excluding carboxylic acids is 1. The molecule has 0 spiro atoms. The van der Waals surface area contributed by atoms with E-state index in [1.807, 2.05) is 19.1 Å². The smallest absolute Gasteiger partial charge is 0.239 e. The standard InChI is InChI=1S/C15H21BrN2O3S/c1-11-7-8-12(9-14(11)16)17-15(19)10-18(22(2,20)21)13-5-3-4-6-13/h7-9,13H,3-6,10H2,1-2H3,(H,17,19). The molecule has 1 fully saturated rings. The summed E-state index contributed by atoms with van der Waals surface area (Å²) in [5, 5.41) is 2.76. The Morgan fingerprint density at radius 3 is 2.55 bits per heavy atom. The predicted molar refractivity (Wildman–Crippen MR) is 91.3 cm³/mol. The van der Waals surface area contributed by atoms with Crippen molar-refractivity contribution in [3.63, 3.8) is 0 Å². The van der Waals surface area contributed by atoms with Crippen molar-refractivity contribution in [2.24, 2.45) is 0 Å². The second-order valence-corrected chi connectivity index (χ2v) is 8.55. The monoisotopic (exact) mass is 388 g/mol. The molecule has 2 rings (SSSR count).